The Morgan fingerprint density at radius 3 is 1.12 bits per heavy atom. The van der Waals surface area contributed by atoms with Crippen LogP contribution in [0.1, 0.15) is 0 Å². The van der Waals surface area contributed by atoms with Crippen molar-refractivity contribution in [3.8, 4) is 0 Å². The zero-order chi connectivity index (χ0) is 19.4. The molecule has 0 heterocycles. The summed E-state index contributed by atoms with van der Waals surface area (Å²) in [6.07, 6.45) is 0. The molecule has 0 atom stereocenters. The van der Waals surface area contributed by atoms with Gasteiger partial charge in [0.15, 0.2) is 0 Å². The largest absolute Gasteiger partial charge is 0.349 e. The highest BCUT2D eigenvalue weighted by atomic mass is 15.3. The Morgan fingerprint density at radius 2 is 0.846 bits per heavy atom. The van der Waals surface area contributed by atoms with E-state index >= 15 is 0 Å². The summed E-state index contributed by atoms with van der Waals surface area (Å²) in [5.74, 6) is 1.79. The fourth-order valence-corrected chi connectivity index (χ4v) is 2.88. The van der Waals surface area contributed by atoms with Gasteiger partial charge in [0.2, 0.25) is 11.9 Å². The minimum absolute atomic E-state index is 0.897. The van der Waals surface area contributed by atoms with Gasteiger partial charge in [-0.15, -0.1) is 0 Å². The van der Waals surface area contributed by atoms with Gasteiger partial charge in [-0.05, 0) is 12.1 Å². The molecule has 0 saturated heterocycles. The Kier molecular flexibility index (Phi) is 6.08. The summed E-state index contributed by atoms with van der Waals surface area (Å²) >= 11 is 0. The van der Waals surface area contributed by atoms with E-state index in [2.05, 4.69) is 12.1 Å². The molecule has 140 valence electrons. The minimum atomic E-state index is 0.897. The van der Waals surface area contributed by atoms with Crippen LogP contribution in [-0.2, 0) is 0 Å². The number of nitrogens with zero attached hydrogens (tertiary/aromatic N) is 6. The third-order valence-corrected chi connectivity index (χ3v) is 3.92. The number of benzene rings is 2. The summed E-state index contributed by atoms with van der Waals surface area (Å²) in [5, 5.41) is 2.18. The molecule has 0 N–H and O–H groups in total. The van der Waals surface area contributed by atoms with Crippen molar-refractivity contribution >= 4 is 34.1 Å². The molecular weight excluding hydrogens is 324 g/mol. The first-order valence-corrected chi connectivity index (χ1v) is 8.60. The van der Waals surface area contributed by atoms with Crippen molar-refractivity contribution in [1.82, 2.24) is 19.6 Å². The Labute approximate surface area is 157 Å². The highest BCUT2D eigenvalue weighted by Crippen LogP contribution is 2.34. The first-order valence-electron chi connectivity index (χ1n) is 8.60. The predicted octanol–water partition coefficient (Wildman–Crippen LogP) is 3.06. The molecule has 0 amide bonds. The van der Waals surface area contributed by atoms with E-state index in [-0.39, 0.29) is 0 Å². The smallest absolute Gasteiger partial charge is 0.200 e. The lowest BCUT2D eigenvalue weighted by atomic mass is 10.1. The first kappa shape index (κ1) is 19.6. The number of guanidine groups is 2. The molecule has 6 nitrogen and oxygen atoms in total. The van der Waals surface area contributed by atoms with Crippen molar-refractivity contribution in [1.29, 1.82) is 0 Å². The SMILES string of the molecule is CN(C)C(=Nc1ccc(N=C(N(C)C)N(C)C)c2ccccc12)N(C)C. The fourth-order valence-electron chi connectivity index (χ4n) is 2.88. The van der Waals surface area contributed by atoms with E-state index in [1.54, 1.807) is 0 Å². The summed E-state index contributed by atoms with van der Waals surface area (Å²) in [6.45, 7) is 0. The van der Waals surface area contributed by atoms with Gasteiger partial charge in [-0.3, -0.25) is 0 Å². The average Bonchev–Trinajstić information content (AvgIpc) is 2.56. The van der Waals surface area contributed by atoms with Crippen LogP contribution in [0.2, 0.25) is 0 Å². The second-order valence-corrected chi connectivity index (χ2v) is 7.05. The zero-order valence-electron chi connectivity index (χ0n) is 17.1. The lowest BCUT2D eigenvalue weighted by Gasteiger charge is -2.23. The van der Waals surface area contributed by atoms with E-state index in [1.807, 2.05) is 100 Å². The van der Waals surface area contributed by atoms with Crippen LogP contribution in [0.4, 0.5) is 11.4 Å². The molecule has 0 unspecified atom stereocenters. The number of hydrogen-bond acceptors (Lipinski definition) is 2. The van der Waals surface area contributed by atoms with Crippen LogP contribution >= 0.6 is 0 Å². The van der Waals surface area contributed by atoms with Crippen molar-refractivity contribution in [3.05, 3.63) is 36.4 Å². The van der Waals surface area contributed by atoms with Crippen molar-refractivity contribution in [2.75, 3.05) is 56.4 Å². The van der Waals surface area contributed by atoms with Gasteiger partial charge in [0.1, 0.15) is 0 Å². The maximum absolute atomic E-state index is 4.88. The summed E-state index contributed by atoms with van der Waals surface area (Å²) in [4.78, 5) is 17.8. The Morgan fingerprint density at radius 1 is 0.538 bits per heavy atom. The fraction of sp³-hybridized carbons (Fsp3) is 0.400. The molecule has 26 heavy (non-hydrogen) atoms. The maximum Gasteiger partial charge on any atom is 0.200 e. The van der Waals surface area contributed by atoms with Gasteiger partial charge in [-0.25, -0.2) is 9.98 Å². The van der Waals surface area contributed by atoms with Crippen LogP contribution in [0.3, 0.4) is 0 Å². The lowest BCUT2D eigenvalue weighted by Crippen LogP contribution is -2.35. The van der Waals surface area contributed by atoms with Gasteiger partial charge < -0.3 is 19.6 Å². The summed E-state index contributed by atoms with van der Waals surface area (Å²) < 4.78 is 0. The molecule has 0 saturated carbocycles. The Bertz CT molecular complexity index is 730. The Balaban J connectivity index is 2.67. The van der Waals surface area contributed by atoms with E-state index in [9.17, 15) is 0 Å². The molecule has 0 spiro atoms. The van der Waals surface area contributed by atoms with Crippen LogP contribution in [0, 0.1) is 0 Å². The molecular formula is C20H30N6. The summed E-state index contributed by atoms with van der Waals surface area (Å²) in [7, 11) is 16.0. The standard InChI is InChI=1S/C20H30N6/c1-23(2)19(24(3)4)21-17-13-14-18(16-12-10-9-11-15(16)17)22-20(25(5)6)26(7)8/h9-14H,1-8H3. The summed E-state index contributed by atoms with van der Waals surface area (Å²) in [5.41, 5.74) is 1.88. The number of hydrogen-bond donors (Lipinski definition) is 0. The van der Waals surface area contributed by atoms with Crippen LogP contribution < -0.4 is 0 Å². The normalized spacial score (nSPS) is 10.3. The maximum atomic E-state index is 4.88. The van der Waals surface area contributed by atoms with Crippen LogP contribution in [0.15, 0.2) is 46.4 Å². The molecule has 0 fully saturated rings. The minimum Gasteiger partial charge on any atom is -0.349 e. The van der Waals surface area contributed by atoms with Crippen LogP contribution in [0.25, 0.3) is 10.8 Å². The average molecular weight is 355 g/mol. The molecule has 0 aromatic heterocycles. The first-order chi connectivity index (χ1) is 12.2. The summed E-state index contributed by atoms with van der Waals surface area (Å²) in [6, 6.07) is 12.4. The molecule has 2 rings (SSSR count). The number of fused-ring (bicyclic) bond motifs is 1. The van der Waals surface area contributed by atoms with E-state index in [0.717, 1.165) is 34.1 Å². The van der Waals surface area contributed by atoms with Gasteiger partial charge in [0, 0.05) is 67.2 Å². The molecule has 0 aliphatic heterocycles. The molecule has 0 bridgehead atoms. The van der Waals surface area contributed by atoms with Gasteiger partial charge in [0.25, 0.3) is 0 Å². The van der Waals surface area contributed by atoms with Crippen molar-refractivity contribution < 1.29 is 0 Å². The second kappa shape index (κ2) is 8.08. The highest BCUT2D eigenvalue weighted by molar-refractivity contribution is 6.03. The number of aliphatic imine (C=N–C) groups is 2. The lowest BCUT2D eigenvalue weighted by molar-refractivity contribution is 0.484. The van der Waals surface area contributed by atoms with Crippen molar-refractivity contribution in [2.45, 2.75) is 0 Å². The third-order valence-electron chi connectivity index (χ3n) is 3.92. The second-order valence-electron chi connectivity index (χ2n) is 7.05. The van der Waals surface area contributed by atoms with E-state index < -0.39 is 0 Å². The van der Waals surface area contributed by atoms with Gasteiger partial charge in [-0.2, -0.15) is 0 Å². The Hall–Kier alpha value is -2.76. The molecule has 6 heteroatoms. The molecule has 0 aliphatic carbocycles. The van der Waals surface area contributed by atoms with E-state index in [4.69, 9.17) is 9.98 Å². The van der Waals surface area contributed by atoms with Gasteiger partial charge >= 0.3 is 0 Å². The topological polar surface area (TPSA) is 37.7 Å². The molecule has 0 radical (unpaired) electrons. The zero-order valence-corrected chi connectivity index (χ0v) is 17.1. The van der Waals surface area contributed by atoms with E-state index in [0.29, 0.717) is 0 Å². The molecule has 0 aliphatic rings. The van der Waals surface area contributed by atoms with Gasteiger partial charge in [0.05, 0.1) is 11.4 Å². The van der Waals surface area contributed by atoms with Crippen LogP contribution in [0.5, 0.6) is 0 Å². The van der Waals surface area contributed by atoms with E-state index in [1.165, 1.54) is 0 Å². The van der Waals surface area contributed by atoms with Gasteiger partial charge in [-0.1, -0.05) is 24.3 Å². The quantitative estimate of drug-likeness (QED) is 0.614. The highest BCUT2D eigenvalue weighted by Gasteiger charge is 2.11. The third kappa shape index (κ3) is 4.25. The van der Waals surface area contributed by atoms with Crippen molar-refractivity contribution in [3.63, 3.8) is 0 Å². The van der Waals surface area contributed by atoms with Crippen LogP contribution in [-0.4, -0.2) is 87.9 Å². The predicted molar refractivity (Wildman–Crippen MR) is 113 cm³/mol. The van der Waals surface area contributed by atoms with Crippen molar-refractivity contribution in [2.24, 2.45) is 9.98 Å². The monoisotopic (exact) mass is 354 g/mol. The molecule has 2 aromatic rings. The molecule has 2 aromatic carbocycles. The number of rotatable bonds is 2.